The number of imidazole rings is 1. The molecule has 0 unspecified atom stereocenters. The molecule has 6 heteroatoms. The van der Waals surface area contributed by atoms with E-state index in [1.807, 2.05) is 55.5 Å². The van der Waals surface area contributed by atoms with Crippen LogP contribution in [0.25, 0.3) is 22.4 Å². The summed E-state index contributed by atoms with van der Waals surface area (Å²) in [6, 6.07) is 20.5. The summed E-state index contributed by atoms with van der Waals surface area (Å²) >= 11 is 0. The summed E-state index contributed by atoms with van der Waals surface area (Å²) in [5, 5.41) is 2.98. The van der Waals surface area contributed by atoms with Crippen LogP contribution in [0.2, 0.25) is 0 Å². The van der Waals surface area contributed by atoms with Crippen molar-refractivity contribution < 1.29 is 14.3 Å². The molecule has 3 aromatic carbocycles. The number of carbonyl (C=O) groups excluding carboxylic acids is 1. The van der Waals surface area contributed by atoms with E-state index in [0.29, 0.717) is 35.2 Å². The van der Waals surface area contributed by atoms with E-state index >= 15 is 0 Å². The third kappa shape index (κ3) is 3.78. The molecule has 6 nitrogen and oxygen atoms in total. The Morgan fingerprint density at radius 2 is 1.83 bits per heavy atom. The molecule has 1 heterocycles. The molecule has 0 aliphatic heterocycles. The van der Waals surface area contributed by atoms with Crippen molar-refractivity contribution in [1.82, 2.24) is 9.97 Å². The molecule has 1 aromatic heterocycles. The summed E-state index contributed by atoms with van der Waals surface area (Å²) in [5.74, 6) is 1.59. The van der Waals surface area contributed by atoms with Crippen LogP contribution in [-0.4, -0.2) is 29.6 Å². The number of amides is 1. The molecular weight excluding hydrogens is 366 g/mol. The van der Waals surface area contributed by atoms with Crippen molar-refractivity contribution in [2.24, 2.45) is 0 Å². The molecule has 0 saturated heterocycles. The monoisotopic (exact) mass is 387 g/mol. The summed E-state index contributed by atoms with van der Waals surface area (Å²) in [6.45, 7) is 2.37. The Balaban J connectivity index is 1.65. The molecule has 0 fully saturated rings. The number of nitrogens with zero attached hydrogens (tertiary/aromatic N) is 1. The molecule has 146 valence electrons. The van der Waals surface area contributed by atoms with E-state index in [4.69, 9.17) is 9.47 Å². The third-order valence-electron chi connectivity index (χ3n) is 4.55. The summed E-state index contributed by atoms with van der Waals surface area (Å²) < 4.78 is 10.9. The highest BCUT2D eigenvalue weighted by Gasteiger charge is 2.15. The van der Waals surface area contributed by atoms with E-state index < -0.39 is 0 Å². The number of fused-ring (bicyclic) bond motifs is 1. The van der Waals surface area contributed by atoms with Crippen LogP contribution in [0.3, 0.4) is 0 Å². The number of hydrogen-bond acceptors (Lipinski definition) is 4. The normalized spacial score (nSPS) is 10.7. The summed E-state index contributed by atoms with van der Waals surface area (Å²) in [5.41, 5.74) is 3.79. The summed E-state index contributed by atoms with van der Waals surface area (Å²) in [6.07, 6.45) is 0. The fourth-order valence-corrected chi connectivity index (χ4v) is 3.16. The van der Waals surface area contributed by atoms with Gasteiger partial charge in [0.2, 0.25) is 0 Å². The van der Waals surface area contributed by atoms with Crippen LogP contribution in [0.15, 0.2) is 66.7 Å². The number of anilines is 1. The van der Waals surface area contributed by atoms with Gasteiger partial charge in [0.05, 0.1) is 30.4 Å². The molecule has 0 bridgehead atoms. The second kappa shape index (κ2) is 8.06. The highest BCUT2D eigenvalue weighted by molar-refractivity contribution is 6.06. The van der Waals surface area contributed by atoms with E-state index in [2.05, 4.69) is 15.3 Å². The number of ether oxygens (including phenoxy) is 2. The van der Waals surface area contributed by atoms with Gasteiger partial charge in [0, 0.05) is 11.1 Å². The zero-order chi connectivity index (χ0) is 20.2. The number of H-pyrrole nitrogens is 1. The standard InChI is InChI=1S/C23H21N3O3/c1-3-29-21-14-15(12-13-20(21)28-2)23(27)26-17-9-5-4-8-16(17)22-24-18-10-6-7-11-19(18)25-22/h4-14H,3H2,1-2H3,(H,24,25)(H,26,27). The second-order valence-electron chi connectivity index (χ2n) is 6.40. The van der Waals surface area contributed by atoms with Crippen molar-refractivity contribution in [2.75, 3.05) is 19.0 Å². The van der Waals surface area contributed by atoms with Gasteiger partial charge in [0.1, 0.15) is 5.82 Å². The van der Waals surface area contributed by atoms with Gasteiger partial charge >= 0.3 is 0 Å². The number of benzene rings is 3. The fraction of sp³-hybridized carbons (Fsp3) is 0.130. The molecule has 4 rings (SSSR count). The molecule has 2 N–H and O–H groups in total. The van der Waals surface area contributed by atoms with E-state index in [-0.39, 0.29) is 5.91 Å². The number of aromatic amines is 1. The zero-order valence-corrected chi connectivity index (χ0v) is 16.2. The van der Waals surface area contributed by atoms with Gasteiger partial charge in [-0.2, -0.15) is 0 Å². The number of carbonyl (C=O) groups is 1. The lowest BCUT2D eigenvalue weighted by molar-refractivity contribution is 0.102. The number of rotatable bonds is 6. The molecule has 4 aromatic rings. The van der Waals surface area contributed by atoms with Crippen molar-refractivity contribution in [1.29, 1.82) is 0 Å². The Hall–Kier alpha value is -3.80. The van der Waals surface area contributed by atoms with Gasteiger partial charge < -0.3 is 19.8 Å². The summed E-state index contributed by atoms with van der Waals surface area (Å²) in [4.78, 5) is 20.8. The van der Waals surface area contributed by atoms with Gasteiger partial charge in [0.25, 0.3) is 5.91 Å². The van der Waals surface area contributed by atoms with E-state index in [1.54, 1.807) is 25.3 Å². The third-order valence-corrected chi connectivity index (χ3v) is 4.55. The predicted octanol–water partition coefficient (Wildman–Crippen LogP) is 4.89. The Kier molecular flexibility index (Phi) is 5.16. The van der Waals surface area contributed by atoms with Crippen molar-refractivity contribution in [3.8, 4) is 22.9 Å². The average molecular weight is 387 g/mol. The maximum atomic E-state index is 12.9. The van der Waals surface area contributed by atoms with Crippen LogP contribution < -0.4 is 14.8 Å². The van der Waals surface area contributed by atoms with Crippen LogP contribution in [0, 0.1) is 0 Å². The van der Waals surface area contributed by atoms with Gasteiger partial charge in [-0.1, -0.05) is 24.3 Å². The highest BCUT2D eigenvalue weighted by Crippen LogP contribution is 2.30. The molecule has 0 saturated carbocycles. The average Bonchev–Trinajstić information content (AvgIpc) is 3.18. The number of nitrogens with one attached hydrogen (secondary N) is 2. The van der Waals surface area contributed by atoms with Crippen LogP contribution in [0.1, 0.15) is 17.3 Å². The molecular formula is C23H21N3O3. The van der Waals surface area contributed by atoms with Crippen LogP contribution in [-0.2, 0) is 0 Å². The minimum absolute atomic E-state index is 0.239. The number of hydrogen-bond donors (Lipinski definition) is 2. The zero-order valence-electron chi connectivity index (χ0n) is 16.2. The van der Waals surface area contributed by atoms with Crippen molar-refractivity contribution in [3.05, 3.63) is 72.3 Å². The molecule has 0 aliphatic carbocycles. The number of methoxy groups -OCH3 is 1. The molecule has 1 amide bonds. The van der Waals surface area contributed by atoms with Crippen LogP contribution >= 0.6 is 0 Å². The maximum absolute atomic E-state index is 12.9. The molecule has 0 aliphatic rings. The SMILES string of the molecule is CCOc1cc(C(=O)Nc2ccccc2-c2nc3ccccc3[nH]2)ccc1OC. The number of para-hydroxylation sites is 3. The smallest absolute Gasteiger partial charge is 0.255 e. The summed E-state index contributed by atoms with van der Waals surface area (Å²) in [7, 11) is 1.57. The van der Waals surface area contributed by atoms with Gasteiger partial charge in [-0.05, 0) is 49.4 Å². The van der Waals surface area contributed by atoms with Crippen LogP contribution in [0.4, 0.5) is 5.69 Å². The molecule has 29 heavy (non-hydrogen) atoms. The largest absolute Gasteiger partial charge is 0.493 e. The molecule has 0 radical (unpaired) electrons. The lowest BCUT2D eigenvalue weighted by Crippen LogP contribution is -2.13. The number of aromatic nitrogens is 2. The first-order valence-corrected chi connectivity index (χ1v) is 9.36. The second-order valence-corrected chi connectivity index (χ2v) is 6.40. The van der Waals surface area contributed by atoms with Gasteiger partial charge in [0.15, 0.2) is 11.5 Å². The lowest BCUT2D eigenvalue weighted by atomic mass is 10.1. The first-order chi connectivity index (χ1) is 14.2. The maximum Gasteiger partial charge on any atom is 0.255 e. The lowest BCUT2D eigenvalue weighted by Gasteiger charge is -2.12. The van der Waals surface area contributed by atoms with Gasteiger partial charge in [-0.15, -0.1) is 0 Å². The highest BCUT2D eigenvalue weighted by atomic mass is 16.5. The predicted molar refractivity (Wildman–Crippen MR) is 114 cm³/mol. The van der Waals surface area contributed by atoms with E-state index in [1.165, 1.54) is 0 Å². The molecule has 0 spiro atoms. The Morgan fingerprint density at radius 3 is 2.62 bits per heavy atom. The topological polar surface area (TPSA) is 76.2 Å². The van der Waals surface area contributed by atoms with E-state index in [9.17, 15) is 4.79 Å². The quantitative estimate of drug-likeness (QED) is 0.494. The van der Waals surface area contributed by atoms with E-state index in [0.717, 1.165) is 16.6 Å². The molecule has 0 atom stereocenters. The first kappa shape index (κ1) is 18.6. The minimum atomic E-state index is -0.239. The van der Waals surface area contributed by atoms with Crippen molar-refractivity contribution >= 4 is 22.6 Å². The fourth-order valence-electron chi connectivity index (χ4n) is 3.16. The minimum Gasteiger partial charge on any atom is -0.493 e. The van der Waals surface area contributed by atoms with Gasteiger partial charge in [-0.3, -0.25) is 4.79 Å². The Morgan fingerprint density at radius 1 is 1.03 bits per heavy atom. The first-order valence-electron chi connectivity index (χ1n) is 9.36. The Bertz CT molecular complexity index is 1130. The van der Waals surface area contributed by atoms with Crippen molar-refractivity contribution in [2.45, 2.75) is 6.92 Å². The van der Waals surface area contributed by atoms with Crippen molar-refractivity contribution in [3.63, 3.8) is 0 Å². The van der Waals surface area contributed by atoms with Gasteiger partial charge in [-0.25, -0.2) is 4.98 Å². The Labute approximate surface area is 168 Å². The van der Waals surface area contributed by atoms with Crippen LogP contribution in [0.5, 0.6) is 11.5 Å².